The fourth-order valence-corrected chi connectivity index (χ4v) is 4.37. The van der Waals surface area contributed by atoms with Crippen molar-refractivity contribution in [1.82, 2.24) is 4.98 Å². The Hall–Kier alpha value is -0.460. The molecular formula is C9H14N2O2S2. The molecule has 84 valence electrons. The molecule has 6 heteroatoms. The van der Waals surface area contributed by atoms with Gasteiger partial charge in [-0.1, -0.05) is 0 Å². The summed E-state index contributed by atoms with van der Waals surface area (Å²) in [5.41, 5.74) is 8.73. The highest BCUT2D eigenvalue weighted by atomic mass is 32.2. The van der Waals surface area contributed by atoms with Crippen LogP contribution in [-0.4, -0.2) is 30.9 Å². The molecule has 1 aliphatic heterocycles. The smallest absolute Gasteiger partial charge is 0.150 e. The van der Waals surface area contributed by atoms with Gasteiger partial charge in [0, 0.05) is 17.8 Å². The highest BCUT2D eigenvalue weighted by Gasteiger charge is 2.32. The van der Waals surface area contributed by atoms with Crippen LogP contribution in [0.25, 0.3) is 0 Å². The molecular weight excluding hydrogens is 232 g/mol. The van der Waals surface area contributed by atoms with E-state index in [-0.39, 0.29) is 17.7 Å². The standard InChI is InChI=1S/C9H14N2O2S2/c10-9(3-8-4-14-6-11-8)7-1-2-15(12,13)5-7/h4,6-7,9H,1-3,5,10H2. The molecule has 1 aromatic heterocycles. The molecule has 2 rings (SSSR count). The van der Waals surface area contributed by atoms with Crippen LogP contribution in [0, 0.1) is 5.92 Å². The Morgan fingerprint density at radius 1 is 1.67 bits per heavy atom. The van der Waals surface area contributed by atoms with Gasteiger partial charge in [0.05, 0.1) is 22.7 Å². The fraction of sp³-hybridized carbons (Fsp3) is 0.667. The van der Waals surface area contributed by atoms with Crippen molar-refractivity contribution in [1.29, 1.82) is 0 Å². The van der Waals surface area contributed by atoms with Gasteiger partial charge in [0.15, 0.2) is 9.84 Å². The third-order valence-corrected chi connectivity index (χ3v) is 5.23. The molecule has 1 aliphatic rings. The molecule has 0 radical (unpaired) electrons. The zero-order valence-electron chi connectivity index (χ0n) is 8.30. The molecule has 1 aromatic rings. The number of hydrogen-bond donors (Lipinski definition) is 1. The molecule has 15 heavy (non-hydrogen) atoms. The van der Waals surface area contributed by atoms with Crippen LogP contribution in [-0.2, 0) is 16.3 Å². The average Bonchev–Trinajstić information content (AvgIpc) is 2.74. The van der Waals surface area contributed by atoms with E-state index in [1.807, 2.05) is 5.38 Å². The monoisotopic (exact) mass is 246 g/mol. The molecule has 2 atom stereocenters. The minimum absolute atomic E-state index is 0.0793. The molecule has 1 saturated heterocycles. The maximum Gasteiger partial charge on any atom is 0.150 e. The van der Waals surface area contributed by atoms with E-state index in [1.165, 1.54) is 11.3 Å². The van der Waals surface area contributed by atoms with E-state index in [2.05, 4.69) is 4.98 Å². The lowest BCUT2D eigenvalue weighted by atomic mass is 9.96. The van der Waals surface area contributed by atoms with E-state index in [1.54, 1.807) is 5.51 Å². The van der Waals surface area contributed by atoms with Crippen LogP contribution in [0.5, 0.6) is 0 Å². The van der Waals surface area contributed by atoms with Crippen LogP contribution in [0.4, 0.5) is 0 Å². The lowest BCUT2D eigenvalue weighted by Crippen LogP contribution is -2.33. The topological polar surface area (TPSA) is 73.0 Å². The number of nitrogens with two attached hydrogens (primary N) is 1. The summed E-state index contributed by atoms with van der Waals surface area (Å²) in [6.07, 6.45) is 1.39. The number of thiazole rings is 1. The first-order chi connectivity index (χ1) is 7.07. The van der Waals surface area contributed by atoms with Gasteiger partial charge in [0.1, 0.15) is 0 Å². The zero-order valence-corrected chi connectivity index (χ0v) is 9.93. The van der Waals surface area contributed by atoms with Crippen LogP contribution in [0.2, 0.25) is 0 Å². The van der Waals surface area contributed by atoms with Gasteiger partial charge >= 0.3 is 0 Å². The second-order valence-electron chi connectivity index (χ2n) is 4.01. The van der Waals surface area contributed by atoms with E-state index >= 15 is 0 Å². The third-order valence-electron chi connectivity index (χ3n) is 2.80. The molecule has 1 fully saturated rings. The van der Waals surface area contributed by atoms with Crippen molar-refractivity contribution in [2.75, 3.05) is 11.5 Å². The lowest BCUT2D eigenvalue weighted by molar-refractivity contribution is 0.458. The first-order valence-corrected chi connectivity index (χ1v) is 7.66. The van der Waals surface area contributed by atoms with E-state index in [4.69, 9.17) is 5.73 Å². The second kappa shape index (κ2) is 4.19. The number of aromatic nitrogens is 1. The fourth-order valence-electron chi connectivity index (χ4n) is 1.91. The van der Waals surface area contributed by atoms with E-state index < -0.39 is 9.84 Å². The molecule has 2 unspecified atom stereocenters. The van der Waals surface area contributed by atoms with Crippen LogP contribution >= 0.6 is 11.3 Å². The van der Waals surface area contributed by atoms with Crippen molar-refractivity contribution in [3.8, 4) is 0 Å². The normalized spacial score (nSPS) is 26.6. The van der Waals surface area contributed by atoms with Crippen molar-refractivity contribution < 1.29 is 8.42 Å². The molecule has 0 saturated carbocycles. The van der Waals surface area contributed by atoms with Crippen molar-refractivity contribution in [3.63, 3.8) is 0 Å². The largest absolute Gasteiger partial charge is 0.327 e. The van der Waals surface area contributed by atoms with Gasteiger partial charge in [0.25, 0.3) is 0 Å². The van der Waals surface area contributed by atoms with Gasteiger partial charge in [-0.3, -0.25) is 0 Å². The Kier molecular flexibility index (Phi) is 3.08. The van der Waals surface area contributed by atoms with Crippen molar-refractivity contribution in [3.05, 3.63) is 16.6 Å². The van der Waals surface area contributed by atoms with E-state index in [0.717, 1.165) is 5.69 Å². The number of hydrogen-bond acceptors (Lipinski definition) is 5. The van der Waals surface area contributed by atoms with Crippen LogP contribution in [0.1, 0.15) is 12.1 Å². The van der Waals surface area contributed by atoms with Crippen LogP contribution < -0.4 is 5.73 Å². The predicted molar refractivity (Wildman–Crippen MR) is 60.6 cm³/mol. The number of rotatable bonds is 3. The Labute approximate surface area is 93.4 Å². The molecule has 0 aromatic carbocycles. The summed E-state index contributed by atoms with van der Waals surface area (Å²) in [6, 6.07) is -0.0793. The van der Waals surface area contributed by atoms with Crippen LogP contribution in [0.3, 0.4) is 0 Å². The summed E-state index contributed by atoms with van der Waals surface area (Å²) in [5.74, 6) is 0.650. The van der Waals surface area contributed by atoms with E-state index in [9.17, 15) is 8.42 Å². The quantitative estimate of drug-likeness (QED) is 0.840. The lowest BCUT2D eigenvalue weighted by Gasteiger charge is -2.16. The van der Waals surface area contributed by atoms with Gasteiger partial charge < -0.3 is 5.73 Å². The summed E-state index contributed by atoms with van der Waals surface area (Å²) in [5, 5.41) is 1.96. The third kappa shape index (κ3) is 2.76. The summed E-state index contributed by atoms with van der Waals surface area (Å²) in [6.45, 7) is 0. The Morgan fingerprint density at radius 2 is 2.47 bits per heavy atom. The maximum atomic E-state index is 11.3. The van der Waals surface area contributed by atoms with Gasteiger partial charge in [-0.2, -0.15) is 0 Å². The van der Waals surface area contributed by atoms with Crippen LogP contribution in [0.15, 0.2) is 10.9 Å². The van der Waals surface area contributed by atoms with Gasteiger partial charge in [-0.25, -0.2) is 13.4 Å². The Balaban J connectivity index is 1.95. The minimum Gasteiger partial charge on any atom is -0.327 e. The minimum atomic E-state index is -2.82. The highest BCUT2D eigenvalue weighted by Crippen LogP contribution is 2.22. The SMILES string of the molecule is NC(Cc1cscn1)C1CCS(=O)(=O)C1. The van der Waals surface area contributed by atoms with Crippen molar-refractivity contribution in [2.24, 2.45) is 11.7 Å². The predicted octanol–water partition coefficient (Wildman–Crippen LogP) is 0.448. The first-order valence-electron chi connectivity index (χ1n) is 4.90. The van der Waals surface area contributed by atoms with Gasteiger partial charge in [0.2, 0.25) is 0 Å². The number of nitrogens with zero attached hydrogens (tertiary/aromatic N) is 1. The average molecular weight is 246 g/mol. The van der Waals surface area contributed by atoms with Gasteiger partial charge in [-0.15, -0.1) is 11.3 Å². The molecule has 0 spiro atoms. The van der Waals surface area contributed by atoms with Crippen molar-refractivity contribution in [2.45, 2.75) is 18.9 Å². The molecule has 0 amide bonds. The van der Waals surface area contributed by atoms with Gasteiger partial charge in [-0.05, 0) is 12.3 Å². The summed E-state index contributed by atoms with van der Waals surface area (Å²) in [4.78, 5) is 4.15. The first kappa shape index (κ1) is 11.0. The molecule has 4 nitrogen and oxygen atoms in total. The molecule has 0 bridgehead atoms. The zero-order chi connectivity index (χ0) is 10.9. The maximum absolute atomic E-state index is 11.3. The summed E-state index contributed by atoms with van der Waals surface area (Å²) < 4.78 is 22.6. The molecule has 2 heterocycles. The molecule has 2 N–H and O–H groups in total. The Morgan fingerprint density at radius 3 is 3.00 bits per heavy atom. The summed E-state index contributed by atoms with van der Waals surface area (Å²) >= 11 is 1.54. The second-order valence-corrected chi connectivity index (χ2v) is 6.96. The number of sulfone groups is 1. The molecule has 0 aliphatic carbocycles. The van der Waals surface area contributed by atoms with Crippen molar-refractivity contribution >= 4 is 21.2 Å². The summed E-state index contributed by atoms with van der Waals surface area (Å²) in [7, 11) is -2.82. The Bertz CT molecular complexity index is 413. The van der Waals surface area contributed by atoms with E-state index in [0.29, 0.717) is 18.6 Å². The highest BCUT2D eigenvalue weighted by molar-refractivity contribution is 7.91.